The Balaban J connectivity index is 5.36. The summed E-state index contributed by atoms with van der Waals surface area (Å²) in [4.78, 5) is 24.9. The molecule has 0 aromatic carbocycles. The Morgan fingerprint density at radius 2 is 2.00 bits per heavy atom. The third-order valence-electron chi connectivity index (χ3n) is 2.68. The first-order valence-electron chi connectivity index (χ1n) is 6.26. The predicted octanol–water partition coefficient (Wildman–Crippen LogP) is 2.00. The second kappa shape index (κ2) is 7.63. The summed E-state index contributed by atoms with van der Waals surface area (Å²) in [7, 11) is 1.85. The molecule has 0 bridgehead atoms. The van der Waals surface area contributed by atoms with E-state index in [0.717, 1.165) is 0 Å². The number of carbonyl (C=O) groups excluding carboxylic acids is 2. The molecule has 4 nitrogen and oxygen atoms in total. The van der Waals surface area contributed by atoms with Gasteiger partial charge in [-0.3, -0.25) is 9.59 Å². The van der Waals surface area contributed by atoms with E-state index in [4.69, 9.17) is 4.74 Å². The van der Waals surface area contributed by atoms with Gasteiger partial charge in [-0.1, -0.05) is 5.92 Å². The number of hydrogen-bond donors (Lipinski definition) is 0. The summed E-state index contributed by atoms with van der Waals surface area (Å²) < 4.78 is 4.95. The van der Waals surface area contributed by atoms with Crippen molar-refractivity contribution in [2.24, 2.45) is 5.92 Å². The Morgan fingerprint density at radius 3 is 2.37 bits per heavy atom. The maximum absolute atomic E-state index is 11.8. The smallest absolute Gasteiger partial charge is 0.325 e. The highest BCUT2D eigenvalue weighted by Crippen LogP contribution is 2.16. The Hall–Kier alpha value is -1.76. The molecular formula is C15H23NO3. The number of hydrogen-bond acceptors (Lipinski definition) is 4. The second-order valence-electron chi connectivity index (χ2n) is 5.11. The summed E-state index contributed by atoms with van der Waals surface area (Å²) in [6.45, 7) is 9.65. The summed E-state index contributed by atoms with van der Waals surface area (Å²) in [5, 5.41) is 0. The van der Waals surface area contributed by atoms with Gasteiger partial charge in [-0.2, -0.15) is 0 Å². The number of ether oxygens (including phenoxy) is 1. The summed E-state index contributed by atoms with van der Waals surface area (Å²) in [5.74, 6) is 4.07. The fourth-order valence-electron chi connectivity index (χ4n) is 1.24. The molecule has 4 heteroatoms. The van der Waals surface area contributed by atoms with Crippen LogP contribution in [0.4, 0.5) is 0 Å². The van der Waals surface area contributed by atoms with E-state index in [1.807, 2.05) is 32.7 Å². The number of nitrogens with zero attached hydrogens (tertiary/aromatic N) is 1. The molecule has 0 fully saturated rings. The lowest BCUT2D eigenvalue weighted by molar-refractivity contribution is -0.145. The van der Waals surface area contributed by atoms with Crippen molar-refractivity contribution >= 4 is 12.3 Å². The zero-order valence-electron chi connectivity index (χ0n) is 12.6. The van der Waals surface area contributed by atoms with Gasteiger partial charge in [0, 0.05) is 24.4 Å². The molecule has 0 aliphatic rings. The molecule has 19 heavy (non-hydrogen) atoms. The second-order valence-corrected chi connectivity index (χ2v) is 5.11. The van der Waals surface area contributed by atoms with E-state index < -0.39 is 11.9 Å². The highest BCUT2D eigenvalue weighted by molar-refractivity contribution is 5.89. The van der Waals surface area contributed by atoms with Gasteiger partial charge < -0.3 is 9.64 Å². The average molecular weight is 265 g/mol. The molecule has 0 rings (SSSR count). The van der Waals surface area contributed by atoms with Crippen LogP contribution < -0.4 is 0 Å². The van der Waals surface area contributed by atoms with Gasteiger partial charge in [0.1, 0.15) is 12.2 Å². The molecular weight excluding hydrogens is 242 g/mol. The first kappa shape index (κ1) is 17.2. The van der Waals surface area contributed by atoms with Crippen LogP contribution in [0.3, 0.4) is 0 Å². The van der Waals surface area contributed by atoms with E-state index in [1.54, 1.807) is 20.0 Å². The van der Waals surface area contributed by atoms with Gasteiger partial charge in [-0.25, -0.2) is 0 Å². The van der Waals surface area contributed by atoms with Gasteiger partial charge in [-0.05, 0) is 34.6 Å². The van der Waals surface area contributed by atoms with Gasteiger partial charge in [0.2, 0.25) is 0 Å². The van der Waals surface area contributed by atoms with Crippen molar-refractivity contribution < 1.29 is 14.3 Å². The fraction of sp³-hybridized carbons (Fsp3) is 0.600. The topological polar surface area (TPSA) is 46.6 Å². The Bertz CT molecular complexity index is 407. The van der Waals surface area contributed by atoms with Crippen molar-refractivity contribution in [1.29, 1.82) is 0 Å². The lowest BCUT2D eigenvalue weighted by Crippen LogP contribution is -2.35. The van der Waals surface area contributed by atoms with E-state index in [0.29, 0.717) is 11.9 Å². The van der Waals surface area contributed by atoms with E-state index >= 15 is 0 Å². The number of aldehydes is 1. The van der Waals surface area contributed by atoms with Gasteiger partial charge in [-0.15, -0.1) is 5.92 Å². The molecule has 0 saturated carbocycles. The van der Waals surface area contributed by atoms with Gasteiger partial charge in [0.15, 0.2) is 0 Å². The van der Waals surface area contributed by atoms with Crippen LogP contribution in [-0.4, -0.2) is 36.3 Å². The minimum absolute atomic E-state index is 0.146. The summed E-state index contributed by atoms with van der Waals surface area (Å²) >= 11 is 0. The molecule has 1 atom stereocenters. The minimum atomic E-state index is -0.827. The lowest BCUT2D eigenvalue weighted by atomic mass is 10.00. The Kier molecular flexibility index (Phi) is 6.92. The number of esters is 1. The quantitative estimate of drug-likeness (QED) is 0.330. The van der Waals surface area contributed by atoms with Crippen LogP contribution in [0.1, 0.15) is 34.6 Å². The van der Waals surface area contributed by atoms with Crippen molar-refractivity contribution in [3.8, 4) is 11.8 Å². The van der Waals surface area contributed by atoms with Crippen LogP contribution in [0.2, 0.25) is 0 Å². The van der Waals surface area contributed by atoms with Crippen molar-refractivity contribution in [2.45, 2.75) is 40.2 Å². The molecule has 0 saturated heterocycles. The Morgan fingerprint density at radius 1 is 1.42 bits per heavy atom. The third kappa shape index (κ3) is 5.60. The standard InChI is InChI=1S/C15H23NO3/c1-7-9-13(14(18)19-8-2)12(11-17)10-16(6)15(3,4)5/h10-11,13H,8H2,1-6H3/b12-10-. The normalized spacial score (nSPS) is 13.1. The van der Waals surface area contributed by atoms with Gasteiger partial charge in [0.05, 0.1) is 6.61 Å². The molecule has 0 aromatic heterocycles. The molecule has 0 aliphatic carbocycles. The highest BCUT2D eigenvalue weighted by Gasteiger charge is 2.24. The van der Waals surface area contributed by atoms with Crippen LogP contribution in [0.25, 0.3) is 0 Å². The zero-order chi connectivity index (χ0) is 15.1. The van der Waals surface area contributed by atoms with Crippen molar-refractivity contribution in [3.05, 3.63) is 11.8 Å². The number of rotatable bonds is 5. The molecule has 0 amide bonds. The van der Waals surface area contributed by atoms with Crippen molar-refractivity contribution in [1.82, 2.24) is 4.90 Å². The molecule has 1 unspecified atom stereocenters. The summed E-state index contributed by atoms with van der Waals surface area (Å²) in [6.07, 6.45) is 2.31. The molecule has 0 aliphatic heterocycles. The van der Waals surface area contributed by atoms with E-state index in [9.17, 15) is 9.59 Å². The highest BCUT2D eigenvalue weighted by atomic mass is 16.5. The first-order chi connectivity index (χ1) is 8.77. The third-order valence-corrected chi connectivity index (χ3v) is 2.68. The molecule has 0 heterocycles. The van der Waals surface area contributed by atoms with Crippen LogP contribution in [0.15, 0.2) is 11.8 Å². The van der Waals surface area contributed by atoms with Crippen LogP contribution >= 0.6 is 0 Å². The largest absolute Gasteiger partial charge is 0.465 e. The Labute approximate surface area is 115 Å². The summed E-state index contributed by atoms with van der Waals surface area (Å²) in [6, 6.07) is 0. The van der Waals surface area contributed by atoms with E-state index in [1.165, 1.54) is 0 Å². The fourth-order valence-corrected chi connectivity index (χ4v) is 1.24. The van der Waals surface area contributed by atoms with Crippen LogP contribution in [-0.2, 0) is 14.3 Å². The monoisotopic (exact) mass is 265 g/mol. The summed E-state index contributed by atoms with van der Waals surface area (Å²) in [5.41, 5.74) is 0.165. The van der Waals surface area contributed by atoms with Crippen molar-refractivity contribution in [2.75, 3.05) is 13.7 Å². The molecule has 0 aromatic rings. The van der Waals surface area contributed by atoms with Crippen LogP contribution in [0, 0.1) is 17.8 Å². The maximum Gasteiger partial charge on any atom is 0.325 e. The maximum atomic E-state index is 11.8. The first-order valence-corrected chi connectivity index (χ1v) is 6.26. The van der Waals surface area contributed by atoms with Crippen LogP contribution in [0.5, 0.6) is 0 Å². The molecule has 0 N–H and O–H groups in total. The molecule has 0 radical (unpaired) electrons. The van der Waals surface area contributed by atoms with E-state index in [-0.39, 0.29) is 12.1 Å². The van der Waals surface area contributed by atoms with Gasteiger partial charge >= 0.3 is 5.97 Å². The van der Waals surface area contributed by atoms with Gasteiger partial charge in [0.25, 0.3) is 0 Å². The minimum Gasteiger partial charge on any atom is -0.465 e. The predicted molar refractivity (Wildman–Crippen MR) is 75.2 cm³/mol. The lowest BCUT2D eigenvalue weighted by Gasteiger charge is -2.31. The number of carbonyl (C=O) groups is 2. The zero-order valence-corrected chi connectivity index (χ0v) is 12.6. The van der Waals surface area contributed by atoms with Crippen molar-refractivity contribution in [3.63, 3.8) is 0 Å². The molecule has 106 valence electrons. The molecule has 0 spiro atoms. The average Bonchev–Trinajstić information content (AvgIpc) is 2.32. The van der Waals surface area contributed by atoms with E-state index in [2.05, 4.69) is 11.8 Å². The SMILES string of the molecule is CC#CC(C(=O)OCC)/C(C=O)=C\N(C)C(C)(C)C.